The Morgan fingerprint density at radius 3 is 3.03 bits per heavy atom. The number of piperidine rings is 1. The van der Waals surface area contributed by atoms with Crippen molar-refractivity contribution in [2.45, 2.75) is 18.9 Å². The lowest BCUT2D eigenvalue weighted by atomic mass is 10.1. The van der Waals surface area contributed by atoms with Crippen LogP contribution in [0.25, 0.3) is 16.3 Å². The van der Waals surface area contributed by atoms with E-state index in [1.165, 1.54) is 11.3 Å². The van der Waals surface area contributed by atoms with Gasteiger partial charge in [0.2, 0.25) is 0 Å². The van der Waals surface area contributed by atoms with Gasteiger partial charge in [-0.05, 0) is 31.0 Å². The van der Waals surface area contributed by atoms with Gasteiger partial charge in [-0.1, -0.05) is 17.4 Å². The molecule has 1 amide bonds. The van der Waals surface area contributed by atoms with Crippen molar-refractivity contribution in [2.75, 3.05) is 29.0 Å². The average molecular weight is 435 g/mol. The Kier molecular flexibility index (Phi) is 5.00. The van der Waals surface area contributed by atoms with Crippen LogP contribution in [0.15, 0.2) is 49.1 Å². The topological polar surface area (TPSA) is 127 Å². The standard InChI is InChI=1S/C21H22N8OS/c22-13-4-3-8-28(12-13)15-6-7-24-10-14(15)26-20(30)18-19(23)31-21(27-18)16-11-25-17-5-1-2-9-29(16)17/h1-2,5-7,9-11,13H,3-4,8,12,22-23H2,(H,26,30)/t13-/m0/s1. The van der Waals surface area contributed by atoms with E-state index in [0.29, 0.717) is 15.7 Å². The Morgan fingerprint density at radius 2 is 2.16 bits per heavy atom. The Hall–Kier alpha value is -3.50. The number of thiazole rings is 1. The summed E-state index contributed by atoms with van der Waals surface area (Å²) in [7, 11) is 0. The molecule has 0 bridgehead atoms. The number of amides is 1. The van der Waals surface area contributed by atoms with Crippen molar-refractivity contribution in [1.82, 2.24) is 19.4 Å². The summed E-state index contributed by atoms with van der Waals surface area (Å²) in [5, 5.41) is 3.92. The van der Waals surface area contributed by atoms with Gasteiger partial charge in [0, 0.05) is 31.5 Å². The number of imidazole rings is 1. The maximum Gasteiger partial charge on any atom is 0.277 e. The fourth-order valence-corrected chi connectivity index (χ4v) is 4.70. The number of fused-ring (bicyclic) bond motifs is 1. The van der Waals surface area contributed by atoms with Gasteiger partial charge in [0.25, 0.3) is 5.91 Å². The van der Waals surface area contributed by atoms with Crippen LogP contribution in [0.3, 0.4) is 0 Å². The Balaban J connectivity index is 1.42. The van der Waals surface area contributed by atoms with E-state index in [2.05, 4.69) is 25.2 Å². The number of nitrogens with two attached hydrogens (primary N) is 2. The second-order valence-electron chi connectivity index (χ2n) is 7.50. The van der Waals surface area contributed by atoms with E-state index in [1.807, 2.05) is 34.9 Å². The van der Waals surface area contributed by atoms with Crippen LogP contribution in [0.4, 0.5) is 16.4 Å². The molecule has 1 aliphatic rings. The number of nitrogen functional groups attached to an aromatic ring is 1. The van der Waals surface area contributed by atoms with Crippen LogP contribution in [-0.2, 0) is 0 Å². The Bertz CT molecular complexity index is 1250. The van der Waals surface area contributed by atoms with E-state index in [9.17, 15) is 4.79 Å². The van der Waals surface area contributed by atoms with Crippen molar-refractivity contribution in [1.29, 1.82) is 0 Å². The third kappa shape index (κ3) is 3.71. The molecule has 0 spiro atoms. The fraction of sp³-hybridized carbons (Fsp3) is 0.238. The highest BCUT2D eigenvalue weighted by Gasteiger charge is 2.23. The molecule has 4 aromatic rings. The predicted octanol–water partition coefficient (Wildman–Crippen LogP) is 2.61. The minimum atomic E-state index is -0.371. The zero-order valence-electron chi connectivity index (χ0n) is 16.7. The van der Waals surface area contributed by atoms with Crippen LogP contribution in [-0.4, -0.2) is 44.4 Å². The number of nitrogens with one attached hydrogen (secondary N) is 1. The minimum Gasteiger partial charge on any atom is -0.389 e. The molecule has 1 aliphatic heterocycles. The molecule has 4 aromatic heterocycles. The van der Waals surface area contributed by atoms with Crippen molar-refractivity contribution < 1.29 is 4.79 Å². The van der Waals surface area contributed by atoms with Crippen molar-refractivity contribution >= 4 is 39.3 Å². The zero-order valence-corrected chi connectivity index (χ0v) is 17.5. The van der Waals surface area contributed by atoms with Crippen LogP contribution >= 0.6 is 11.3 Å². The molecule has 158 valence electrons. The number of carbonyl (C=O) groups is 1. The summed E-state index contributed by atoms with van der Waals surface area (Å²) in [6.07, 6.45) is 9.00. The molecule has 1 fully saturated rings. The summed E-state index contributed by atoms with van der Waals surface area (Å²) in [4.78, 5) is 28.3. The first kappa shape index (κ1) is 19.5. The molecule has 1 saturated heterocycles. The molecule has 31 heavy (non-hydrogen) atoms. The summed E-state index contributed by atoms with van der Waals surface area (Å²) in [5.74, 6) is -0.371. The van der Waals surface area contributed by atoms with Crippen molar-refractivity contribution in [3.05, 3.63) is 54.7 Å². The zero-order chi connectivity index (χ0) is 21.4. The summed E-state index contributed by atoms with van der Waals surface area (Å²) in [5.41, 5.74) is 15.6. The molecule has 10 heteroatoms. The summed E-state index contributed by atoms with van der Waals surface area (Å²) < 4.78 is 1.92. The third-order valence-corrected chi connectivity index (χ3v) is 6.26. The number of aromatic nitrogens is 4. The normalized spacial score (nSPS) is 16.5. The van der Waals surface area contributed by atoms with Crippen LogP contribution < -0.4 is 21.7 Å². The molecule has 9 nitrogen and oxygen atoms in total. The number of hydrogen-bond acceptors (Lipinski definition) is 8. The van der Waals surface area contributed by atoms with Gasteiger partial charge in [0.1, 0.15) is 21.3 Å². The molecule has 0 aromatic carbocycles. The second-order valence-corrected chi connectivity index (χ2v) is 8.53. The Morgan fingerprint density at radius 1 is 1.26 bits per heavy atom. The summed E-state index contributed by atoms with van der Waals surface area (Å²) in [6, 6.07) is 7.75. The maximum absolute atomic E-state index is 13.0. The highest BCUT2D eigenvalue weighted by atomic mass is 32.1. The monoisotopic (exact) mass is 434 g/mol. The lowest BCUT2D eigenvalue weighted by Crippen LogP contribution is -2.43. The van der Waals surface area contributed by atoms with Gasteiger partial charge in [0.05, 0.1) is 23.8 Å². The van der Waals surface area contributed by atoms with E-state index < -0.39 is 0 Å². The lowest BCUT2D eigenvalue weighted by Gasteiger charge is -2.33. The molecule has 5 N–H and O–H groups in total. The number of nitrogens with zero attached hydrogens (tertiary/aromatic N) is 5. The van der Waals surface area contributed by atoms with Gasteiger partial charge >= 0.3 is 0 Å². The van der Waals surface area contributed by atoms with Gasteiger partial charge in [-0.15, -0.1) is 0 Å². The van der Waals surface area contributed by atoms with E-state index >= 15 is 0 Å². The van der Waals surface area contributed by atoms with Gasteiger partial charge in [-0.25, -0.2) is 9.97 Å². The van der Waals surface area contributed by atoms with Gasteiger partial charge < -0.3 is 21.7 Å². The summed E-state index contributed by atoms with van der Waals surface area (Å²) in [6.45, 7) is 1.63. The molecule has 0 saturated carbocycles. The molecular formula is C21H22N8OS. The predicted molar refractivity (Wildman–Crippen MR) is 122 cm³/mol. The van der Waals surface area contributed by atoms with E-state index in [0.717, 1.165) is 43.0 Å². The van der Waals surface area contributed by atoms with E-state index in [1.54, 1.807) is 18.6 Å². The highest BCUT2D eigenvalue weighted by Crippen LogP contribution is 2.32. The quantitative estimate of drug-likeness (QED) is 0.450. The maximum atomic E-state index is 13.0. The molecule has 0 radical (unpaired) electrons. The first-order valence-electron chi connectivity index (χ1n) is 10.0. The van der Waals surface area contributed by atoms with Crippen LogP contribution in [0, 0.1) is 0 Å². The van der Waals surface area contributed by atoms with Gasteiger partial charge in [-0.2, -0.15) is 0 Å². The van der Waals surface area contributed by atoms with Crippen LogP contribution in [0.5, 0.6) is 0 Å². The van der Waals surface area contributed by atoms with E-state index in [4.69, 9.17) is 11.5 Å². The average Bonchev–Trinajstić information content (AvgIpc) is 3.37. The van der Waals surface area contributed by atoms with Crippen molar-refractivity contribution in [3.63, 3.8) is 0 Å². The summed E-state index contributed by atoms with van der Waals surface area (Å²) >= 11 is 1.26. The smallest absolute Gasteiger partial charge is 0.277 e. The SMILES string of the molecule is Nc1sc(-c2cnc3ccccn23)nc1C(=O)Nc1cnccc1N1CCC[C@H](N)C1. The van der Waals surface area contributed by atoms with Gasteiger partial charge in [0.15, 0.2) is 5.69 Å². The third-order valence-electron chi connectivity index (χ3n) is 5.35. The molecule has 5 heterocycles. The molecule has 0 unspecified atom stereocenters. The lowest BCUT2D eigenvalue weighted by molar-refractivity contribution is 0.102. The number of rotatable bonds is 4. The first-order chi connectivity index (χ1) is 15.1. The van der Waals surface area contributed by atoms with Crippen molar-refractivity contribution in [3.8, 4) is 10.7 Å². The molecule has 5 rings (SSSR count). The number of carbonyl (C=O) groups excluding carboxylic acids is 1. The minimum absolute atomic E-state index is 0.118. The van der Waals surface area contributed by atoms with Crippen molar-refractivity contribution in [2.24, 2.45) is 5.73 Å². The molecular weight excluding hydrogens is 412 g/mol. The fourth-order valence-electron chi connectivity index (χ4n) is 3.86. The molecule has 1 atom stereocenters. The van der Waals surface area contributed by atoms with Crippen LogP contribution in [0.1, 0.15) is 23.3 Å². The Labute approximate surface area is 182 Å². The first-order valence-corrected chi connectivity index (χ1v) is 10.9. The van der Waals surface area contributed by atoms with Crippen LogP contribution in [0.2, 0.25) is 0 Å². The largest absolute Gasteiger partial charge is 0.389 e. The van der Waals surface area contributed by atoms with Gasteiger partial charge in [-0.3, -0.25) is 14.2 Å². The highest BCUT2D eigenvalue weighted by molar-refractivity contribution is 7.19. The number of anilines is 3. The molecule has 0 aliphatic carbocycles. The van der Waals surface area contributed by atoms with E-state index in [-0.39, 0.29) is 17.6 Å². The number of hydrogen-bond donors (Lipinski definition) is 3. The number of pyridine rings is 2. The second kappa shape index (κ2) is 7.97.